The number of nitrogens with one attached hydrogen (secondary N) is 1. The highest BCUT2D eigenvalue weighted by Gasteiger charge is 2.30. The van der Waals surface area contributed by atoms with Gasteiger partial charge in [0.05, 0.1) is 28.3 Å². The van der Waals surface area contributed by atoms with Crippen molar-refractivity contribution in [2.45, 2.75) is 6.17 Å². The van der Waals surface area contributed by atoms with E-state index < -0.39 is 6.17 Å². The molecule has 3 rings (SSSR count). The van der Waals surface area contributed by atoms with Gasteiger partial charge in [0, 0.05) is 23.5 Å². The summed E-state index contributed by atoms with van der Waals surface area (Å²) in [7, 11) is 0. The van der Waals surface area contributed by atoms with E-state index in [-0.39, 0.29) is 18.3 Å². The molecule has 1 saturated heterocycles. The van der Waals surface area contributed by atoms with E-state index in [9.17, 15) is 4.79 Å². The summed E-state index contributed by atoms with van der Waals surface area (Å²) in [5.41, 5.74) is 8.99. The van der Waals surface area contributed by atoms with Crippen LogP contribution in [0.3, 0.4) is 0 Å². The van der Waals surface area contributed by atoms with Crippen LogP contribution in [0, 0.1) is 5.41 Å². The second-order valence-corrected chi connectivity index (χ2v) is 6.91. The number of rotatable bonds is 3. The number of nitrogens with two attached hydrogens (primary N) is 1. The van der Waals surface area contributed by atoms with Crippen LogP contribution in [0.2, 0.25) is 10.0 Å². The quantitative estimate of drug-likeness (QED) is 0.852. The monoisotopic (exact) mass is 383 g/mol. The number of benzene rings is 1. The fourth-order valence-corrected chi connectivity index (χ4v) is 3.63. The lowest BCUT2D eigenvalue weighted by Crippen LogP contribution is -2.54. The fraction of sp³-hybridized carbons (Fsp3) is 0.267. The average Bonchev–Trinajstić information content (AvgIpc) is 3.08. The smallest absolute Gasteiger partial charge is 0.255 e. The van der Waals surface area contributed by atoms with Gasteiger partial charge in [-0.2, -0.15) is 0 Å². The number of amidine groups is 1. The maximum Gasteiger partial charge on any atom is 0.255 e. The van der Waals surface area contributed by atoms with Gasteiger partial charge in [-0.25, -0.2) is 4.98 Å². The second-order valence-electron chi connectivity index (χ2n) is 5.35. The molecule has 0 spiro atoms. The van der Waals surface area contributed by atoms with Gasteiger partial charge in [-0.05, 0) is 18.2 Å². The number of hydrogen-bond acceptors (Lipinski definition) is 5. The molecule has 3 N–H and O–H groups in total. The first-order valence-electron chi connectivity index (χ1n) is 7.19. The van der Waals surface area contributed by atoms with Crippen molar-refractivity contribution in [3.8, 4) is 0 Å². The summed E-state index contributed by atoms with van der Waals surface area (Å²) in [4.78, 5) is 20.2. The molecule has 1 unspecified atom stereocenters. The van der Waals surface area contributed by atoms with Crippen molar-refractivity contribution in [3.05, 3.63) is 50.4 Å². The minimum absolute atomic E-state index is 0.176. The molecule has 0 radical (unpaired) electrons. The Labute approximate surface area is 153 Å². The lowest BCUT2D eigenvalue weighted by molar-refractivity contribution is 0.0730. The van der Waals surface area contributed by atoms with Gasteiger partial charge in [-0.3, -0.25) is 10.2 Å². The summed E-state index contributed by atoms with van der Waals surface area (Å²) in [5.74, 6) is 0.0588. The highest BCUT2D eigenvalue weighted by molar-refractivity contribution is 7.07. The van der Waals surface area contributed by atoms with Gasteiger partial charge in [0.15, 0.2) is 0 Å². The van der Waals surface area contributed by atoms with E-state index >= 15 is 0 Å². The minimum Gasteiger partial charge on any atom is -0.336 e. The topological polar surface area (TPSA) is 86.3 Å². The van der Waals surface area contributed by atoms with Gasteiger partial charge >= 0.3 is 0 Å². The highest BCUT2D eigenvalue weighted by Crippen LogP contribution is 2.24. The SMILES string of the molecule is N=C1CN(C(=O)c2ccc(Cl)cc2Cl)CCN1C(N)c1cscn1. The van der Waals surface area contributed by atoms with Crippen molar-refractivity contribution < 1.29 is 4.79 Å². The number of amides is 1. The van der Waals surface area contributed by atoms with E-state index in [1.165, 1.54) is 17.4 Å². The molecule has 0 bridgehead atoms. The Balaban J connectivity index is 1.71. The maximum absolute atomic E-state index is 12.6. The summed E-state index contributed by atoms with van der Waals surface area (Å²) >= 11 is 13.4. The van der Waals surface area contributed by atoms with E-state index in [2.05, 4.69) is 4.98 Å². The molecule has 2 aromatic rings. The largest absolute Gasteiger partial charge is 0.336 e. The van der Waals surface area contributed by atoms with Gasteiger partial charge in [0.1, 0.15) is 12.0 Å². The third-order valence-electron chi connectivity index (χ3n) is 3.84. The van der Waals surface area contributed by atoms with E-state index in [0.29, 0.717) is 28.7 Å². The molecule has 1 aromatic carbocycles. The van der Waals surface area contributed by atoms with Gasteiger partial charge in [0.2, 0.25) is 0 Å². The van der Waals surface area contributed by atoms with E-state index in [1.807, 2.05) is 5.38 Å². The van der Waals surface area contributed by atoms with Crippen LogP contribution in [-0.2, 0) is 0 Å². The number of nitrogens with zero attached hydrogens (tertiary/aromatic N) is 3. The predicted octanol–water partition coefficient (Wildman–Crippen LogP) is 2.84. The number of carbonyl (C=O) groups is 1. The molecule has 1 aromatic heterocycles. The predicted molar refractivity (Wildman–Crippen MR) is 95.8 cm³/mol. The summed E-state index contributed by atoms with van der Waals surface area (Å²) in [5, 5.41) is 10.9. The lowest BCUT2D eigenvalue weighted by atomic mass is 10.1. The minimum atomic E-state index is -0.472. The maximum atomic E-state index is 12.6. The van der Waals surface area contributed by atoms with Crippen molar-refractivity contribution in [1.82, 2.24) is 14.8 Å². The first-order valence-corrected chi connectivity index (χ1v) is 8.89. The van der Waals surface area contributed by atoms with Crippen LogP contribution < -0.4 is 5.73 Å². The van der Waals surface area contributed by atoms with Crippen molar-refractivity contribution in [2.75, 3.05) is 19.6 Å². The summed E-state index contributed by atoms with van der Waals surface area (Å²) in [6.45, 7) is 1.10. The van der Waals surface area contributed by atoms with Gasteiger partial charge in [0.25, 0.3) is 5.91 Å². The molecule has 1 amide bonds. The molecule has 1 atom stereocenters. The molecule has 2 heterocycles. The zero-order valence-electron chi connectivity index (χ0n) is 12.6. The van der Waals surface area contributed by atoms with E-state index in [4.69, 9.17) is 34.3 Å². The Morgan fingerprint density at radius 3 is 2.79 bits per heavy atom. The summed E-state index contributed by atoms with van der Waals surface area (Å²) < 4.78 is 0. The number of aromatic nitrogens is 1. The number of piperazine rings is 1. The van der Waals surface area contributed by atoms with Crippen LogP contribution in [0.15, 0.2) is 29.1 Å². The molecular weight excluding hydrogens is 369 g/mol. The fourth-order valence-electron chi connectivity index (χ4n) is 2.56. The van der Waals surface area contributed by atoms with Crippen molar-refractivity contribution in [1.29, 1.82) is 5.41 Å². The number of thiazole rings is 1. The van der Waals surface area contributed by atoms with E-state index in [0.717, 1.165) is 5.69 Å². The summed E-state index contributed by atoms with van der Waals surface area (Å²) in [6, 6.07) is 4.76. The molecule has 1 fully saturated rings. The molecule has 9 heteroatoms. The van der Waals surface area contributed by atoms with Crippen LogP contribution in [0.25, 0.3) is 0 Å². The van der Waals surface area contributed by atoms with Crippen molar-refractivity contribution in [3.63, 3.8) is 0 Å². The third kappa shape index (κ3) is 3.39. The van der Waals surface area contributed by atoms with Gasteiger partial charge < -0.3 is 15.5 Å². The Kier molecular flexibility index (Phi) is 5.05. The highest BCUT2D eigenvalue weighted by atomic mass is 35.5. The Bertz CT molecular complexity index is 767. The number of carbonyl (C=O) groups excluding carboxylic acids is 1. The third-order valence-corrected chi connectivity index (χ3v) is 4.99. The van der Waals surface area contributed by atoms with Crippen LogP contribution in [-0.4, -0.2) is 46.2 Å². The zero-order chi connectivity index (χ0) is 17.3. The lowest BCUT2D eigenvalue weighted by Gasteiger charge is -2.39. The zero-order valence-corrected chi connectivity index (χ0v) is 14.9. The normalized spacial score (nSPS) is 16.4. The molecule has 1 aliphatic heterocycles. The molecule has 0 saturated carbocycles. The Morgan fingerprint density at radius 2 is 2.17 bits per heavy atom. The van der Waals surface area contributed by atoms with Crippen LogP contribution in [0.5, 0.6) is 0 Å². The van der Waals surface area contributed by atoms with Crippen molar-refractivity contribution >= 4 is 46.3 Å². The number of halogens is 2. The Morgan fingerprint density at radius 1 is 1.38 bits per heavy atom. The first kappa shape index (κ1) is 17.2. The van der Waals surface area contributed by atoms with Crippen LogP contribution in [0.4, 0.5) is 0 Å². The second kappa shape index (κ2) is 7.06. The molecular formula is C15H15Cl2N5OS. The standard InChI is InChI=1S/C15H15Cl2N5OS/c16-9-1-2-10(11(17)5-9)15(23)21-3-4-22(13(18)6-21)14(19)12-7-24-8-20-12/h1-2,5,7-8,14,18H,3-4,6,19H2. The molecule has 6 nitrogen and oxygen atoms in total. The van der Waals surface area contributed by atoms with Crippen molar-refractivity contribution in [2.24, 2.45) is 5.73 Å². The molecule has 1 aliphatic rings. The Hall–Kier alpha value is -1.67. The first-order chi connectivity index (χ1) is 11.5. The van der Waals surface area contributed by atoms with Gasteiger partial charge in [-0.15, -0.1) is 11.3 Å². The average molecular weight is 384 g/mol. The molecule has 0 aliphatic carbocycles. The molecule has 24 heavy (non-hydrogen) atoms. The van der Waals surface area contributed by atoms with Gasteiger partial charge in [-0.1, -0.05) is 23.2 Å². The van der Waals surface area contributed by atoms with Crippen LogP contribution in [0.1, 0.15) is 22.2 Å². The summed E-state index contributed by atoms with van der Waals surface area (Å²) in [6.07, 6.45) is -0.472. The van der Waals surface area contributed by atoms with Crippen LogP contribution >= 0.6 is 34.5 Å². The number of hydrogen-bond donors (Lipinski definition) is 2. The van der Waals surface area contributed by atoms with E-state index in [1.54, 1.807) is 27.4 Å². The molecule has 126 valence electrons.